The Hall–Kier alpha value is -1.34. The molecule has 1 saturated carbocycles. The molecule has 0 aromatic heterocycles. The van der Waals surface area contributed by atoms with Crippen LogP contribution < -0.4 is 5.73 Å². The molecule has 1 atom stereocenters. The van der Waals surface area contributed by atoms with Crippen LogP contribution in [-0.2, 0) is 14.3 Å². The summed E-state index contributed by atoms with van der Waals surface area (Å²) in [6.07, 6.45) is 1.47. The van der Waals surface area contributed by atoms with Crippen LogP contribution in [0.5, 0.6) is 0 Å². The fourth-order valence-electron chi connectivity index (χ4n) is 2.81. The van der Waals surface area contributed by atoms with Crippen molar-refractivity contribution < 1.29 is 24.2 Å². The Bertz CT molecular complexity index is 418. The van der Waals surface area contributed by atoms with Crippen molar-refractivity contribution in [2.75, 3.05) is 19.7 Å². The first-order valence-corrected chi connectivity index (χ1v) is 7.18. The van der Waals surface area contributed by atoms with E-state index < -0.39 is 17.6 Å². The monoisotopic (exact) mass is 300 g/mol. The zero-order valence-electron chi connectivity index (χ0n) is 12.8. The number of carbonyl (C=O) groups excluding carboxylic acids is 1. The molecule has 7 heteroatoms. The van der Waals surface area contributed by atoms with Crippen molar-refractivity contribution in [1.82, 2.24) is 4.90 Å². The third-order valence-electron chi connectivity index (χ3n) is 3.85. The van der Waals surface area contributed by atoms with Crippen molar-refractivity contribution in [1.29, 1.82) is 0 Å². The van der Waals surface area contributed by atoms with Gasteiger partial charge in [0.1, 0.15) is 11.6 Å². The van der Waals surface area contributed by atoms with Crippen LogP contribution in [0.3, 0.4) is 0 Å². The summed E-state index contributed by atoms with van der Waals surface area (Å²) in [4.78, 5) is 24.1. The van der Waals surface area contributed by atoms with Crippen LogP contribution in [-0.4, -0.2) is 59.5 Å². The van der Waals surface area contributed by atoms with Gasteiger partial charge in [0.05, 0.1) is 12.7 Å². The Morgan fingerprint density at radius 1 is 1.38 bits per heavy atom. The smallest absolute Gasteiger partial charge is 0.410 e. The van der Waals surface area contributed by atoms with Gasteiger partial charge in [0.2, 0.25) is 0 Å². The third-order valence-corrected chi connectivity index (χ3v) is 3.85. The Labute approximate surface area is 124 Å². The fourth-order valence-corrected chi connectivity index (χ4v) is 2.81. The van der Waals surface area contributed by atoms with Gasteiger partial charge in [0, 0.05) is 18.5 Å². The van der Waals surface area contributed by atoms with Crippen molar-refractivity contribution >= 4 is 12.1 Å². The Balaban J connectivity index is 1.65. The van der Waals surface area contributed by atoms with Gasteiger partial charge in [-0.2, -0.15) is 0 Å². The lowest BCUT2D eigenvalue weighted by Gasteiger charge is -2.58. The number of aliphatic carboxylic acids is 1. The van der Waals surface area contributed by atoms with Gasteiger partial charge >= 0.3 is 12.1 Å². The maximum Gasteiger partial charge on any atom is 0.410 e. The van der Waals surface area contributed by atoms with E-state index in [-0.39, 0.29) is 24.2 Å². The molecule has 0 aromatic rings. The lowest BCUT2D eigenvalue weighted by atomic mass is 9.62. The third kappa shape index (κ3) is 3.85. The molecule has 0 aromatic carbocycles. The molecule has 0 bridgehead atoms. The van der Waals surface area contributed by atoms with E-state index in [9.17, 15) is 9.59 Å². The average molecular weight is 300 g/mol. The molecule has 21 heavy (non-hydrogen) atoms. The van der Waals surface area contributed by atoms with Crippen LogP contribution in [0.15, 0.2) is 0 Å². The summed E-state index contributed by atoms with van der Waals surface area (Å²) < 4.78 is 10.8. The zero-order chi connectivity index (χ0) is 15.8. The number of carboxylic acids is 1. The molecule has 0 unspecified atom stereocenters. The second-order valence-corrected chi connectivity index (χ2v) is 7.14. The van der Waals surface area contributed by atoms with Gasteiger partial charge in [-0.05, 0) is 33.6 Å². The summed E-state index contributed by atoms with van der Waals surface area (Å²) in [7, 11) is 0. The molecule has 2 rings (SSSR count). The first-order chi connectivity index (χ1) is 9.60. The van der Waals surface area contributed by atoms with Gasteiger partial charge in [-0.25, -0.2) is 4.79 Å². The Kier molecular flexibility index (Phi) is 4.17. The molecule has 1 amide bonds. The Morgan fingerprint density at radius 3 is 2.43 bits per heavy atom. The molecule has 1 aliphatic carbocycles. The average Bonchev–Trinajstić information content (AvgIpc) is 2.21. The summed E-state index contributed by atoms with van der Waals surface area (Å²) in [5.74, 6) is -1.05. The van der Waals surface area contributed by atoms with E-state index in [0.717, 1.165) is 12.8 Å². The number of nitrogens with zero attached hydrogens (tertiary/aromatic N) is 1. The molecular formula is C14H24N2O5. The van der Waals surface area contributed by atoms with Gasteiger partial charge in [-0.3, -0.25) is 4.79 Å². The molecular weight excluding hydrogens is 276 g/mol. The minimum Gasteiger partial charge on any atom is -0.480 e. The van der Waals surface area contributed by atoms with Crippen molar-refractivity contribution in [3.8, 4) is 0 Å². The molecule has 1 aliphatic heterocycles. The summed E-state index contributed by atoms with van der Waals surface area (Å²) in [6, 6.07) is -0.971. The summed E-state index contributed by atoms with van der Waals surface area (Å²) in [5, 5.41) is 8.67. The summed E-state index contributed by atoms with van der Waals surface area (Å²) >= 11 is 0. The van der Waals surface area contributed by atoms with Crippen LogP contribution >= 0.6 is 0 Å². The highest BCUT2D eigenvalue weighted by atomic mass is 16.6. The first-order valence-electron chi connectivity index (χ1n) is 7.18. The van der Waals surface area contributed by atoms with Gasteiger partial charge in [-0.15, -0.1) is 0 Å². The standard InChI is InChI=1S/C14H24N2O5/c1-13(2,3)21-12(19)16-7-14(8-16)4-9(5-14)20-6-10(15)11(17)18/h9-10H,4-8,15H2,1-3H3,(H,17,18)/t10-/m0/s1. The topological polar surface area (TPSA) is 102 Å². The molecule has 2 fully saturated rings. The minimum absolute atomic E-state index is 0.0336. The highest BCUT2D eigenvalue weighted by Gasteiger charge is 2.54. The molecule has 2 aliphatic rings. The van der Waals surface area contributed by atoms with Crippen molar-refractivity contribution in [3.63, 3.8) is 0 Å². The lowest BCUT2D eigenvalue weighted by Crippen LogP contribution is -2.66. The number of likely N-dealkylation sites (tertiary alicyclic amines) is 1. The molecule has 1 saturated heterocycles. The van der Waals surface area contributed by atoms with E-state index in [1.807, 2.05) is 20.8 Å². The van der Waals surface area contributed by atoms with Crippen molar-refractivity contribution in [2.24, 2.45) is 11.1 Å². The van der Waals surface area contributed by atoms with E-state index in [2.05, 4.69) is 0 Å². The van der Waals surface area contributed by atoms with Crippen molar-refractivity contribution in [3.05, 3.63) is 0 Å². The van der Waals surface area contributed by atoms with E-state index in [4.69, 9.17) is 20.3 Å². The maximum absolute atomic E-state index is 11.8. The van der Waals surface area contributed by atoms with Gasteiger partial charge < -0.3 is 25.2 Å². The number of carboxylic acid groups (broad SMARTS) is 1. The second kappa shape index (κ2) is 5.46. The number of hydrogen-bond donors (Lipinski definition) is 2. The van der Waals surface area contributed by atoms with Gasteiger partial charge in [0.25, 0.3) is 0 Å². The normalized spacial score (nSPS) is 22.4. The number of ether oxygens (including phenoxy) is 2. The Morgan fingerprint density at radius 2 is 1.95 bits per heavy atom. The zero-order valence-corrected chi connectivity index (χ0v) is 12.8. The first kappa shape index (κ1) is 16.0. The predicted octanol–water partition coefficient (Wildman–Crippen LogP) is 0.814. The van der Waals surface area contributed by atoms with E-state index in [1.165, 1.54) is 0 Å². The number of carbonyl (C=O) groups is 2. The van der Waals surface area contributed by atoms with E-state index in [0.29, 0.717) is 13.1 Å². The molecule has 3 N–H and O–H groups in total. The van der Waals surface area contributed by atoms with Crippen LogP contribution in [0, 0.1) is 5.41 Å². The highest BCUT2D eigenvalue weighted by Crippen LogP contribution is 2.49. The SMILES string of the molecule is CC(C)(C)OC(=O)N1CC2(CC(OC[C@H](N)C(=O)O)C2)C1. The number of rotatable bonds is 4. The quantitative estimate of drug-likeness (QED) is 0.796. The van der Waals surface area contributed by atoms with Crippen LogP contribution in [0.1, 0.15) is 33.6 Å². The van der Waals surface area contributed by atoms with Crippen LogP contribution in [0.2, 0.25) is 0 Å². The molecule has 1 spiro atoms. The van der Waals surface area contributed by atoms with Gasteiger partial charge in [0.15, 0.2) is 0 Å². The highest BCUT2D eigenvalue weighted by molar-refractivity contribution is 5.73. The predicted molar refractivity (Wildman–Crippen MR) is 74.8 cm³/mol. The van der Waals surface area contributed by atoms with Crippen LogP contribution in [0.25, 0.3) is 0 Å². The maximum atomic E-state index is 11.8. The van der Waals surface area contributed by atoms with E-state index >= 15 is 0 Å². The molecule has 0 radical (unpaired) electrons. The largest absolute Gasteiger partial charge is 0.480 e. The molecule has 1 heterocycles. The fraction of sp³-hybridized carbons (Fsp3) is 0.857. The number of hydrogen-bond acceptors (Lipinski definition) is 5. The minimum atomic E-state index is -1.05. The summed E-state index contributed by atoms with van der Waals surface area (Å²) in [6.45, 7) is 6.95. The van der Waals surface area contributed by atoms with Crippen molar-refractivity contribution in [2.45, 2.75) is 51.4 Å². The summed E-state index contributed by atoms with van der Waals surface area (Å²) in [5.41, 5.74) is 5.04. The van der Waals surface area contributed by atoms with Crippen LogP contribution in [0.4, 0.5) is 4.79 Å². The van der Waals surface area contributed by atoms with Gasteiger partial charge in [-0.1, -0.05) is 0 Å². The second-order valence-electron chi connectivity index (χ2n) is 7.14. The number of amides is 1. The number of nitrogens with two attached hydrogens (primary N) is 1. The van der Waals surface area contributed by atoms with E-state index in [1.54, 1.807) is 4.90 Å². The molecule has 7 nitrogen and oxygen atoms in total. The lowest BCUT2D eigenvalue weighted by molar-refractivity contribution is -0.156. The molecule has 120 valence electrons.